The number of allylic oxidation sites excluding steroid dienone is 12. The molecular weight excluding hydrogens is 661 g/mol. The van der Waals surface area contributed by atoms with Crippen LogP contribution in [0, 0.1) is 0 Å². The summed E-state index contributed by atoms with van der Waals surface area (Å²) in [6, 6.07) is 0. The van der Waals surface area contributed by atoms with E-state index in [9.17, 15) is 14.4 Å². The second kappa shape index (κ2) is 41.6. The molecule has 0 fully saturated rings. The third-order valence-corrected chi connectivity index (χ3v) is 8.69. The van der Waals surface area contributed by atoms with Crippen molar-refractivity contribution in [2.75, 3.05) is 13.2 Å². The molecule has 0 amide bonds. The smallest absolute Gasteiger partial charge is 0.306 e. The van der Waals surface area contributed by atoms with Gasteiger partial charge in [0.25, 0.3) is 0 Å². The van der Waals surface area contributed by atoms with Crippen molar-refractivity contribution in [3.05, 3.63) is 72.9 Å². The second-order valence-electron chi connectivity index (χ2n) is 13.9. The van der Waals surface area contributed by atoms with Crippen LogP contribution in [-0.4, -0.2) is 37.2 Å². The lowest BCUT2D eigenvalue weighted by Gasteiger charge is -2.18. The summed E-state index contributed by atoms with van der Waals surface area (Å²) >= 11 is 0. The van der Waals surface area contributed by atoms with E-state index >= 15 is 0 Å². The van der Waals surface area contributed by atoms with Gasteiger partial charge in [-0.3, -0.25) is 14.4 Å². The predicted molar refractivity (Wildman–Crippen MR) is 224 cm³/mol. The third-order valence-electron chi connectivity index (χ3n) is 8.69. The maximum absolute atomic E-state index is 12.6. The molecule has 0 aromatic rings. The Labute approximate surface area is 325 Å². The molecule has 0 rings (SSSR count). The van der Waals surface area contributed by atoms with Crippen LogP contribution in [0.25, 0.3) is 0 Å². The third kappa shape index (κ3) is 39.9. The van der Waals surface area contributed by atoms with E-state index in [4.69, 9.17) is 14.2 Å². The molecule has 53 heavy (non-hydrogen) atoms. The van der Waals surface area contributed by atoms with E-state index in [2.05, 4.69) is 81.5 Å². The van der Waals surface area contributed by atoms with Gasteiger partial charge in [0.15, 0.2) is 6.10 Å². The molecule has 0 aromatic heterocycles. The van der Waals surface area contributed by atoms with Crippen LogP contribution >= 0.6 is 0 Å². The number of hydrogen-bond acceptors (Lipinski definition) is 6. The molecule has 0 aliphatic carbocycles. The number of rotatable bonds is 37. The van der Waals surface area contributed by atoms with Crippen molar-refractivity contribution in [3.63, 3.8) is 0 Å². The molecule has 0 heterocycles. The van der Waals surface area contributed by atoms with E-state index < -0.39 is 12.1 Å². The molecule has 302 valence electrons. The molecule has 0 bridgehead atoms. The Morgan fingerprint density at radius 1 is 0.396 bits per heavy atom. The van der Waals surface area contributed by atoms with Gasteiger partial charge in [0, 0.05) is 19.3 Å². The van der Waals surface area contributed by atoms with Crippen molar-refractivity contribution in [3.8, 4) is 0 Å². The lowest BCUT2D eigenvalue weighted by atomic mass is 10.1. The highest BCUT2D eigenvalue weighted by Crippen LogP contribution is 2.10. The van der Waals surface area contributed by atoms with E-state index in [-0.39, 0.29) is 38.0 Å². The molecule has 1 atom stereocenters. The van der Waals surface area contributed by atoms with Crippen LogP contribution in [0.15, 0.2) is 72.9 Å². The maximum atomic E-state index is 12.6. The van der Waals surface area contributed by atoms with Crippen molar-refractivity contribution < 1.29 is 28.6 Å². The van der Waals surface area contributed by atoms with Gasteiger partial charge < -0.3 is 14.2 Å². The largest absolute Gasteiger partial charge is 0.462 e. The summed E-state index contributed by atoms with van der Waals surface area (Å²) in [7, 11) is 0. The van der Waals surface area contributed by atoms with Gasteiger partial charge in [-0.2, -0.15) is 0 Å². The van der Waals surface area contributed by atoms with Crippen LogP contribution in [0.4, 0.5) is 0 Å². The van der Waals surface area contributed by atoms with Crippen LogP contribution in [0.2, 0.25) is 0 Å². The molecule has 1 unspecified atom stereocenters. The van der Waals surface area contributed by atoms with Gasteiger partial charge >= 0.3 is 17.9 Å². The van der Waals surface area contributed by atoms with Gasteiger partial charge in [0.05, 0.1) is 0 Å². The van der Waals surface area contributed by atoms with Crippen molar-refractivity contribution in [2.24, 2.45) is 0 Å². The summed E-state index contributed by atoms with van der Waals surface area (Å²) < 4.78 is 16.5. The number of carbonyl (C=O) groups is 3. The van der Waals surface area contributed by atoms with Crippen molar-refractivity contribution in [2.45, 2.75) is 194 Å². The Morgan fingerprint density at radius 2 is 0.774 bits per heavy atom. The minimum absolute atomic E-state index is 0.133. The highest BCUT2D eigenvalue weighted by molar-refractivity contribution is 5.71. The summed E-state index contributed by atoms with van der Waals surface area (Å²) in [5, 5.41) is 0. The van der Waals surface area contributed by atoms with Crippen molar-refractivity contribution in [1.82, 2.24) is 0 Å². The minimum atomic E-state index is -0.837. The summed E-state index contributed by atoms with van der Waals surface area (Å²) in [5.74, 6) is -1.12. The minimum Gasteiger partial charge on any atom is -0.462 e. The fourth-order valence-corrected chi connectivity index (χ4v) is 5.47. The van der Waals surface area contributed by atoms with Crippen LogP contribution in [0.5, 0.6) is 0 Å². The van der Waals surface area contributed by atoms with Gasteiger partial charge in [0.1, 0.15) is 13.2 Å². The number of esters is 3. The monoisotopic (exact) mass is 739 g/mol. The first kappa shape index (κ1) is 49.9. The Morgan fingerprint density at radius 3 is 1.25 bits per heavy atom. The average Bonchev–Trinajstić information content (AvgIpc) is 3.15. The van der Waals surface area contributed by atoms with E-state index in [0.29, 0.717) is 19.3 Å². The van der Waals surface area contributed by atoms with Crippen LogP contribution < -0.4 is 0 Å². The molecule has 0 aromatic carbocycles. The zero-order valence-electron chi connectivity index (χ0n) is 34.3. The summed E-state index contributed by atoms with van der Waals surface area (Å²) in [5.41, 5.74) is 0. The second-order valence-corrected chi connectivity index (χ2v) is 13.9. The molecule has 6 nitrogen and oxygen atoms in total. The van der Waals surface area contributed by atoms with E-state index in [1.807, 2.05) is 12.2 Å². The van der Waals surface area contributed by atoms with Gasteiger partial charge in [0.2, 0.25) is 0 Å². The van der Waals surface area contributed by atoms with E-state index in [1.165, 1.54) is 77.0 Å². The fourth-order valence-electron chi connectivity index (χ4n) is 5.47. The first-order valence-electron chi connectivity index (χ1n) is 21.4. The summed E-state index contributed by atoms with van der Waals surface area (Å²) in [6.07, 6.45) is 50.7. The number of hydrogen-bond donors (Lipinski definition) is 0. The van der Waals surface area contributed by atoms with E-state index in [0.717, 1.165) is 57.8 Å². The Hall–Kier alpha value is -3.15. The quantitative estimate of drug-likeness (QED) is 0.0273. The number of ether oxygens (including phenoxy) is 3. The Kier molecular flexibility index (Phi) is 39.1. The highest BCUT2D eigenvalue weighted by Gasteiger charge is 2.19. The zero-order chi connectivity index (χ0) is 38.7. The lowest BCUT2D eigenvalue weighted by Crippen LogP contribution is -2.30. The Balaban J connectivity index is 4.57. The van der Waals surface area contributed by atoms with E-state index in [1.54, 1.807) is 0 Å². The zero-order valence-corrected chi connectivity index (χ0v) is 34.3. The summed E-state index contributed by atoms with van der Waals surface area (Å²) in [6.45, 7) is 6.33. The van der Waals surface area contributed by atoms with Crippen LogP contribution in [0.3, 0.4) is 0 Å². The number of carbonyl (C=O) groups excluding carboxylic acids is 3. The molecule has 0 saturated heterocycles. The van der Waals surface area contributed by atoms with Gasteiger partial charge in [-0.1, -0.05) is 158 Å². The van der Waals surface area contributed by atoms with Crippen molar-refractivity contribution >= 4 is 17.9 Å². The van der Waals surface area contributed by atoms with Gasteiger partial charge in [-0.25, -0.2) is 0 Å². The summed E-state index contributed by atoms with van der Waals surface area (Å²) in [4.78, 5) is 37.5. The average molecular weight is 739 g/mol. The fraction of sp³-hybridized carbons (Fsp3) is 0.681. The molecule has 0 saturated carbocycles. The van der Waals surface area contributed by atoms with Crippen molar-refractivity contribution in [1.29, 1.82) is 0 Å². The molecule has 0 aliphatic rings. The molecule has 6 heteroatoms. The SMILES string of the molecule is CC/C=C\C/C=C\CCCCC(=O)OCC(COC(=O)CC/C=C\C/C=C\CCCCCCCC)OC(=O)CC/C=C\C/C=C\CCCCCCCC. The van der Waals surface area contributed by atoms with Gasteiger partial charge in [-0.15, -0.1) is 0 Å². The molecule has 0 aliphatic heterocycles. The molecule has 0 spiro atoms. The highest BCUT2D eigenvalue weighted by atomic mass is 16.6. The molecular formula is C47H78O6. The first-order valence-corrected chi connectivity index (χ1v) is 21.4. The normalized spacial score (nSPS) is 12.7. The Bertz CT molecular complexity index is 1030. The predicted octanol–water partition coefficient (Wildman–Crippen LogP) is 13.5. The van der Waals surface area contributed by atoms with Crippen LogP contribution in [0.1, 0.15) is 188 Å². The topological polar surface area (TPSA) is 78.9 Å². The molecule has 0 N–H and O–H groups in total. The first-order chi connectivity index (χ1) is 26.0. The molecule has 0 radical (unpaired) electrons. The van der Waals surface area contributed by atoms with Crippen LogP contribution in [-0.2, 0) is 28.6 Å². The number of unbranched alkanes of at least 4 members (excludes halogenated alkanes) is 14. The maximum Gasteiger partial charge on any atom is 0.306 e. The van der Waals surface area contributed by atoms with Gasteiger partial charge in [-0.05, 0) is 83.5 Å². The standard InChI is InChI=1S/C47H78O6/c1-4-7-10-13-16-19-21-23-25-28-31-34-37-40-46(49)52-43-44(42-51-45(48)39-36-33-30-27-18-15-12-9-6-3)53-47(50)41-38-35-32-29-26-24-22-20-17-14-11-8-5-2/h9,12,18,23-27,31-32,34-35,44H,4-8,10-11,13-17,19-22,28-30,33,36-43H2,1-3H3/b12-9-,25-23-,26-24-,27-18-,34-31-,35-32-. The lowest BCUT2D eigenvalue weighted by molar-refractivity contribution is -0.166.